The van der Waals surface area contributed by atoms with Crippen LogP contribution in [-0.4, -0.2) is 42.7 Å². The third-order valence-electron chi connectivity index (χ3n) is 3.63. The third kappa shape index (κ3) is 5.42. The van der Waals surface area contributed by atoms with E-state index in [0.717, 1.165) is 41.9 Å². The highest BCUT2D eigenvalue weighted by Crippen LogP contribution is 2.21. The van der Waals surface area contributed by atoms with Crippen LogP contribution in [0.3, 0.4) is 0 Å². The largest absolute Gasteiger partial charge is 0.375 e. The summed E-state index contributed by atoms with van der Waals surface area (Å²) in [6.07, 6.45) is 0. The van der Waals surface area contributed by atoms with Crippen molar-refractivity contribution in [3.8, 4) is 0 Å². The Morgan fingerprint density at radius 1 is 1.12 bits per heavy atom. The van der Waals surface area contributed by atoms with Gasteiger partial charge in [0.2, 0.25) is 5.91 Å². The van der Waals surface area contributed by atoms with E-state index in [9.17, 15) is 4.79 Å². The van der Waals surface area contributed by atoms with Crippen LogP contribution >= 0.6 is 0 Å². The number of benzene rings is 1. The Bertz CT molecular complexity index is 699. The Balaban J connectivity index is 2.10. The van der Waals surface area contributed by atoms with Gasteiger partial charge in [-0.05, 0) is 45.0 Å². The number of nitrogens with zero attached hydrogens (tertiary/aromatic N) is 3. The molecule has 0 saturated heterocycles. The Labute approximate surface area is 148 Å². The number of aromatic nitrogens is 2. The number of carbonyl (C=O) groups excluding carboxylic acids is 1. The van der Waals surface area contributed by atoms with Gasteiger partial charge in [-0.25, -0.2) is 9.97 Å². The van der Waals surface area contributed by atoms with E-state index in [-0.39, 0.29) is 12.5 Å². The lowest BCUT2D eigenvalue weighted by Gasteiger charge is -2.20. The van der Waals surface area contributed by atoms with Crippen molar-refractivity contribution in [2.24, 2.45) is 0 Å². The number of amides is 1. The van der Waals surface area contributed by atoms with Crippen LogP contribution in [0.4, 0.5) is 23.0 Å². The average Bonchev–Trinajstić information content (AvgIpc) is 2.57. The first-order valence-corrected chi connectivity index (χ1v) is 8.32. The molecule has 0 aliphatic rings. The molecule has 0 fully saturated rings. The first-order valence-electron chi connectivity index (χ1n) is 8.32. The number of methoxy groups -OCH3 is 1. The molecule has 0 bridgehead atoms. The van der Waals surface area contributed by atoms with E-state index in [1.807, 2.05) is 37.3 Å². The summed E-state index contributed by atoms with van der Waals surface area (Å²) >= 11 is 0. The van der Waals surface area contributed by atoms with Crippen LogP contribution in [0.5, 0.6) is 0 Å². The maximum atomic E-state index is 11.5. The van der Waals surface area contributed by atoms with Crippen molar-refractivity contribution >= 4 is 28.9 Å². The highest BCUT2D eigenvalue weighted by Gasteiger charge is 2.08. The second kappa shape index (κ2) is 8.98. The molecule has 134 valence electrons. The van der Waals surface area contributed by atoms with Gasteiger partial charge in [-0.15, -0.1) is 0 Å². The van der Waals surface area contributed by atoms with Gasteiger partial charge < -0.3 is 20.3 Å². The quantitative estimate of drug-likeness (QED) is 0.767. The van der Waals surface area contributed by atoms with E-state index in [2.05, 4.69) is 39.3 Å². The zero-order chi connectivity index (χ0) is 18.2. The Kier molecular flexibility index (Phi) is 6.71. The summed E-state index contributed by atoms with van der Waals surface area (Å²) in [4.78, 5) is 22.6. The SMILES string of the molecule is CCN(CC)c1cc(Nc2ccc(NC(=O)COC)cc2)nc(C)n1. The fourth-order valence-corrected chi connectivity index (χ4v) is 2.44. The zero-order valence-corrected chi connectivity index (χ0v) is 15.2. The smallest absolute Gasteiger partial charge is 0.250 e. The van der Waals surface area contributed by atoms with Gasteiger partial charge in [-0.2, -0.15) is 0 Å². The van der Waals surface area contributed by atoms with Crippen LogP contribution in [0.1, 0.15) is 19.7 Å². The van der Waals surface area contributed by atoms with Crippen molar-refractivity contribution in [2.45, 2.75) is 20.8 Å². The van der Waals surface area contributed by atoms with Gasteiger partial charge in [0.15, 0.2) is 0 Å². The summed E-state index contributed by atoms with van der Waals surface area (Å²) < 4.78 is 4.80. The van der Waals surface area contributed by atoms with E-state index < -0.39 is 0 Å². The molecule has 1 amide bonds. The number of hydrogen-bond donors (Lipinski definition) is 2. The molecular weight excluding hydrogens is 318 g/mol. The maximum Gasteiger partial charge on any atom is 0.250 e. The molecule has 2 aromatic rings. The number of rotatable bonds is 8. The Morgan fingerprint density at radius 2 is 1.76 bits per heavy atom. The summed E-state index contributed by atoms with van der Waals surface area (Å²) in [5.74, 6) is 2.18. The molecule has 0 radical (unpaired) electrons. The normalized spacial score (nSPS) is 10.4. The summed E-state index contributed by atoms with van der Waals surface area (Å²) in [6.45, 7) is 7.90. The summed E-state index contributed by atoms with van der Waals surface area (Å²) in [6, 6.07) is 9.37. The molecule has 2 rings (SSSR count). The van der Waals surface area contributed by atoms with E-state index >= 15 is 0 Å². The molecule has 25 heavy (non-hydrogen) atoms. The van der Waals surface area contributed by atoms with Gasteiger partial charge in [-0.3, -0.25) is 4.79 Å². The molecule has 1 aromatic heterocycles. The molecule has 1 aromatic carbocycles. The lowest BCUT2D eigenvalue weighted by Crippen LogP contribution is -2.23. The van der Waals surface area contributed by atoms with E-state index in [1.54, 1.807) is 0 Å². The summed E-state index contributed by atoms with van der Waals surface area (Å²) in [5, 5.41) is 6.04. The second-order valence-corrected chi connectivity index (χ2v) is 5.51. The molecule has 0 unspecified atom stereocenters. The molecule has 0 atom stereocenters. The molecule has 7 nitrogen and oxygen atoms in total. The van der Waals surface area contributed by atoms with Gasteiger partial charge >= 0.3 is 0 Å². The van der Waals surface area contributed by atoms with Crippen LogP contribution < -0.4 is 15.5 Å². The van der Waals surface area contributed by atoms with Gasteiger partial charge in [0.25, 0.3) is 0 Å². The topological polar surface area (TPSA) is 79.4 Å². The first-order chi connectivity index (χ1) is 12.0. The predicted molar refractivity (Wildman–Crippen MR) is 101 cm³/mol. The van der Waals surface area contributed by atoms with Crippen molar-refractivity contribution < 1.29 is 9.53 Å². The van der Waals surface area contributed by atoms with Crippen LogP contribution in [-0.2, 0) is 9.53 Å². The molecule has 1 heterocycles. The Hall–Kier alpha value is -2.67. The van der Waals surface area contributed by atoms with Crippen molar-refractivity contribution in [3.63, 3.8) is 0 Å². The van der Waals surface area contributed by atoms with Crippen LogP contribution in [0, 0.1) is 6.92 Å². The Morgan fingerprint density at radius 3 is 2.36 bits per heavy atom. The molecule has 0 saturated carbocycles. The van der Waals surface area contributed by atoms with Gasteiger partial charge in [0, 0.05) is 37.6 Å². The second-order valence-electron chi connectivity index (χ2n) is 5.51. The molecule has 7 heteroatoms. The van der Waals surface area contributed by atoms with E-state index in [1.165, 1.54) is 7.11 Å². The molecule has 0 spiro atoms. The van der Waals surface area contributed by atoms with Crippen molar-refractivity contribution in [2.75, 3.05) is 42.3 Å². The first kappa shape index (κ1) is 18.7. The van der Waals surface area contributed by atoms with Gasteiger partial charge in [-0.1, -0.05) is 0 Å². The molecular formula is C18H25N5O2. The lowest BCUT2D eigenvalue weighted by molar-refractivity contribution is -0.119. The van der Waals surface area contributed by atoms with Crippen LogP contribution in [0.15, 0.2) is 30.3 Å². The molecule has 0 aliphatic heterocycles. The van der Waals surface area contributed by atoms with Gasteiger partial charge in [0.1, 0.15) is 24.1 Å². The van der Waals surface area contributed by atoms with Gasteiger partial charge in [0.05, 0.1) is 0 Å². The predicted octanol–water partition coefficient (Wildman–Crippen LogP) is 2.96. The lowest BCUT2D eigenvalue weighted by atomic mass is 10.2. The zero-order valence-electron chi connectivity index (χ0n) is 15.2. The molecule has 0 aliphatic carbocycles. The fraction of sp³-hybridized carbons (Fsp3) is 0.389. The average molecular weight is 343 g/mol. The van der Waals surface area contributed by atoms with E-state index in [4.69, 9.17) is 4.74 Å². The number of anilines is 4. The van der Waals surface area contributed by atoms with E-state index in [0.29, 0.717) is 0 Å². The van der Waals surface area contributed by atoms with Crippen molar-refractivity contribution in [1.29, 1.82) is 0 Å². The maximum absolute atomic E-state index is 11.5. The fourth-order valence-electron chi connectivity index (χ4n) is 2.44. The highest BCUT2D eigenvalue weighted by molar-refractivity contribution is 5.91. The minimum Gasteiger partial charge on any atom is -0.375 e. The summed E-state index contributed by atoms with van der Waals surface area (Å²) in [5.41, 5.74) is 1.60. The number of carbonyl (C=O) groups is 1. The number of aryl methyl sites for hydroxylation is 1. The standard InChI is InChI=1S/C18H25N5O2/c1-5-23(6-2)17-11-16(19-13(3)20-17)21-14-7-9-15(10-8-14)22-18(24)12-25-4/h7-11H,5-6,12H2,1-4H3,(H,22,24)(H,19,20,21). The number of ether oxygens (including phenoxy) is 1. The minimum absolute atomic E-state index is 0.0361. The summed E-state index contributed by atoms with van der Waals surface area (Å²) in [7, 11) is 1.49. The molecule has 2 N–H and O–H groups in total. The number of hydrogen-bond acceptors (Lipinski definition) is 6. The monoisotopic (exact) mass is 343 g/mol. The third-order valence-corrected chi connectivity index (χ3v) is 3.63. The minimum atomic E-state index is -0.182. The van der Waals surface area contributed by atoms with Crippen LogP contribution in [0.2, 0.25) is 0 Å². The number of nitrogens with one attached hydrogen (secondary N) is 2. The van der Waals surface area contributed by atoms with Crippen molar-refractivity contribution in [3.05, 3.63) is 36.2 Å². The highest BCUT2D eigenvalue weighted by atomic mass is 16.5. The van der Waals surface area contributed by atoms with Crippen molar-refractivity contribution in [1.82, 2.24) is 9.97 Å². The van der Waals surface area contributed by atoms with Crippen LogP contribution in [0.25, 0.3) is 0 Å².